The Hall–Kier alpha value is -1.04. The van der Waals surface area contributed by atoms with E-state index in [1.54, 1.807) is 13.0 Å². The van der Waals surface area contributed by atoms with E-state index >= 15 is 0 Å². The van der Waals surface area contributed by atoms with Gasteiger partial charge in [0.2, 0.25) is 0 Å². The van der Waals surface area contributed by atoms with Crippen LogP contribution in [0.3, 0.4) is 0 Å². The van der Waals surface area contributed by atoms with Crippen LogP contribution in [0.15, 0.2) is 18.2 Å². The van der Waals surface area contributed by atoms with Crippen LogP contribution in [0.25, 0.3) is 0 Å². The first-order chi connectivity index (χ1) is 6.09. The molecule has 1 rings (SSSR count). The molecule has 0 saturated carbocycles. The van der Waals surface area contributed by atoms with E-state index in [0.717, 1.165) is 0 Å². The van der Waals surface area contributed by atoms with Gasteiger partial charge in [-0.15, -0.1) is 0 Å². The van der Waals surface area contributed by atoms with Gasteiger partial charge in [-0.05, 0) is 25.1 Å². The molecule has 0 spiro atoms. The van der Waals surface area contributed by atoms with Crippen LogP contribution < -0.4 is 5.73 Å². The minimum absolute atomic E-state index is 0.255. The zero-order chi connectivity index (χ0) is 9.84. The maximum absolute atomic E-state index is 13.1. The maximum Gasteiger partial charge on any atom is 0.140 e. The van der Waals surface area contributed by atoms with Gasteiger partial charge in [0.15, 0.2) is 0 Å². The summed E-state index contributed by atoms with van der Waals surface area (Å²) < 4.78 is 13.1. The summed E-state index contributed by atoms with van der Waals surface area (Å²) in [5, 5.41) is 0.365. The zero-order valence-corrected chi connectivity index (χ0v) is 7.90. The highest BCUT2D eigenvalue weighted by Gasteiger charge is 1.98. The van der Waals surface area contributed by atoms with Gasteiger partial charge in [0.1, 0.15) is 5.82 Å². The van der Waals surface area contributed by atoms with E-state index < -0.39 is 5.82 Å². The first-order valence-electron chi connectivity index (χ1n) is 3.82. The molecule has 1 aromatic rings. The normalized spacial score (nSPS) is 11.7. The van der Waals surface area contributed by atoms with Crippen molar-refractivity contribution in [3.63, 3.8) is 0 Å². The quantitative estimate of drug-likeness (QED) is 0.634. The molecule has 2 N–H and O–H groups in total. The number of hydrogen-bond acceptors (Lipinski definition) is 1. The number of halogens is 2. The second-order valence-corrected chi connectivity index (χ2v) is 3.12. The Kier molecular flexibility index (Phi) is 3.30. The lowest BCUT2D eigenvalue weighted by atomic mass is 10.2. The fourth-order valence-corrected chi connectivity index (χ4v) is 0.941. The van der Waals surface area contributed by atoms with Gasteiger partial charge in [-0.25, -0.2) is 4.39 Å². The lowest BCUT2D eigenvalue weighted by Crippen LogP contribution is -2.10. The molecule has 0 aromatic heterocycles. The molecule has 0 aliphatic heterocycles. The number of nitrogens with two attached hydrogens (primary N) is 1. The summed E-state index contributed by atoms with van der Waals surface area (Å²) in [6.45, 7) is 1.74. The molecule has 0 aliphatic carbocycles. The third kappa shape index (κ3) is 3.06. The summed E-state index contributed by atoms with van der Waals surface area (Å²) in [6.07, 6.45) is 0. The highest BCUT2D eigenvalue weighted by Crippen LogP contribution is 2.13. The van der Waals surface area contributed by atoms with Crippen molar-refractivity contribution >= 4 is 11.6 Å². The Morgan fingerprint density at radius 2 is 2.23 bits per heavy atom. The average molecular weight is 198 g/mol. The van der Waals surface area contributed by atoms with Gasteiger partial charge < -0.3 is 5.73 Å². The summed E-state index contributed by atoms with van der Waals surface area (Å²) >= 11 is 5.57. The average Bonchev–Trinajstić information content (AvgIpc) is 2.02. The van der Waals surface area contributed by atoms with Crippen LogP contribution in [-0.4, -0.2) is 6.04 Å². The van der Waals surface area contributed by atoms with E-state index in [2.05, 4.69) is 11.8 Å². The summed E-state index contributed by atoms with van der Waals surface area (Å²) in [5.74, 6) is 4.88. The Labute approximate surface area is 81.7 Å². The highest BCUT2D eigenvalue weighted by atomic mass is 35.5. The van der Waals surface area contributed by atoms with Crippen molar-refractivity contribution < 1.29 is 4.39 Å². The molecule has 0 fully saturated rings. The van der Waals surface area contributed by atoms with Crippen LogP contribution in [0.4, 0.5) is 4.39 Å². The van der Waals surface area contributed by atoms with Gasteiger partial charge in [0, 0.05) is 5.02 Å². The Morgan fingerprint density at radius 1 is 1.54 bits per heavy atom. The van der Waals surface area contributed by atoms with Crippen molar-refractivity contribution in [3.8, 4) is 11.8 Å². The van der Waals surface area contributed by atoms with Crippen LogP contribution >= 0.6 is 11.6 Å². The lowest BCUT2D eigenvalue weighted by molar-refractivity contribution is 0.624. The standard InChI is InChI=1S/C10H9ClFN/c1-7(13)2-3-8-4-5-9(11)6-10(8)12/h4-7H,13H2,1H3. The molecule has 3 heteroatoms. The predicted octanol–water partition coefficient (Wildman–Crippen LogP) is 2.18. The Bertz CT molecular complexity index is 363. The molecule has 0 bridgehead atoms. The predicted molar refractivity (Wildman–Crippen MR) is 51.9 cm³/mol. The van der Waals surface area contributed by atoms with Crippen molar-refractivity contribution in [2.75, 3.05) is 0 Å². The smallest absolute Gasteiger partial charge is 0.140 e. The summed E-state index contributed by atoms with van der Waals surface area (Å²) in [5.41, 5.74) is 5.72. The first kappa shape index (κ1) is 10.0. The fraction of sp³-hybridized carbons (Fsp3) is 0.200. The first-order valence-corrected chi connectivity index (χ1v) is 4.19. The third-order valence-electron chi connectivity index (χ3n) is 1.37. The van der Waals surface area contributed by atoms with E-state index in [4.69, 9.17) is 17.3 Å². The second-order valence-electron chi connectivity index (χ2n) is 2.68. The van der Waals surface area contributed by atoms with Gasteiger partial charge >= 0.3 is 0 Å². The van der Waals surface area contributed by atoms with E-state index in [1.165, 1.54) is 12.1 Å². The SMILES string of the molecule is CC(N)C#Cc1ccc(Cl)cc1F. The van der Waals surface area contributed by atoms with Crippen molar-refractivity contribution in [2.45, 2.75) is 13.0 Å². The minimum atomic E-state index is -0.416. The minimum Gasteiger partial charge on any atom is -0.318 e. The van der Waals surface area contributed by atoms with Crippen molar-refractivity contribution in [1.82, 2.24) is 0 Å². The number of rotatable bonds is 0. The molecule has 1 nitrogen and oxygen atoms in total. The van der Waals surface area contributed by atoms with Gasteiger partial charge in [-0.3, -0.25) is 0 Å². The van der Waals surface area contributed by atoms with E-state index in [9.17, 15) is 4.39 Å². The molecule has 0 amide bonds. The van der Waals surface area contributed by atoms with Crippen molar-refractivity contribution in [1.29, 1.82) is 0 Å². The summed E-state index contributed by atoms with van der Waals surface area (Å²) in [7, 11) is 0. The van der Waals surface area contributed by atoms with Crippen LogP contribution in [0, 0.1) is 17.7 Å². The van der Waals surface area contributed by atoms with E-state index in [-0.39, 0.29) is 6.04 Å². The van der Waals surface area contributed by atoms with Gasteiger partial charge in [0.25, 0.3) is 0 Å². The third-order valence-corrected chi connectivity index (χ3v) is 1.60. The topological polar surface area (TPSA) is 26.0 Å². The molecule has 1 atom stereocenters. The molecule has 1 aromatic carbocycles. The largest absolute Gasteiger partial charge is 0.318 e. The van der Waals surface area contributed by atoms with E-state index in [0.29, 0.717) is 10.6 Å². The molecular formula is C10H9ClFN. The lowest BCUT2D eigenvalue weighted by Gasteiger charge is -1.95. The highest BCUT2D eigenvalue weighted by molar-refractivity contribution is 6.30. The molecule has 0 radical (unpaired) electrons. The molecule has 1 unspecified atom stereocenters. The Morgan fingerprint density at radius 3 is 2.77 bits per heavy atom. The molecule has 0 heterocycles. The van der Waals surface area contributed by atoms with Gasteiger partial charge in [-0.2, -0.15) is 0 Å². The second kappa shape index (κ2) is 4.27. The van der Waals surface area contributed by atoms with Crippen LogP contribution in [-0.2, 0) is 0 Å². The molecule has 13 heavy (non-hydrogen) atoms. The number of hydrogen-bond donors (Lipinski definition) is 1. The van der Waals surface area contributed by atoms with Crippen molar-refractivity contribution in [2.24, 2.45) is 5.73 Å². The van der Waals surface area contributed by atoms with Crippen LogP contribution in [0.1, 0.15) is 12.5 Å². The summed E-state index contributed by atoms with van der Waals surface area (Å²) in [6, 6.07) is 4.10. The summed E-state index contributed by atoms with van der Waals surface area (Å²) in [4.78, 5) is 0. The van der Waals surface area contributed by atoms with Gasteiger partial charge in [0.05, 0.1) is 11.6 Å². The molecule has 68 valence electrons. The monoisotopic (exact) mass is 197 g/mol. The maximum atomic E-state index is 13.1. The fourth-order valence-electron chi connectivity index (χ4n) is 0.782. The van der Waals surface area contributed by atoms with E-state index in [1.807, 2.05) is 0 Å². The van der Waals surface area contributed by atoms with Crippen LogP contribution in [0.2, 0.25) is 5.02 Å². The van der Waals surface area contributed by atoms with Gasteiger partial charge in [-0.1, -0.05) is 23.4 Å². The Balaban J connectivity index is 2.98. The van der Waals surface area contributed by atoms with Crippen molar-refractivity contribution in [3.05, 3.63) is 34.6 Å². The molecule has 0 saturated heterocycles. The zero-order valence-electron chi connectivity index (χ0n) is 7.14. The van der Waals surface area contributed by atoms with Crippen LogP contribution in [0.5, 0.6) is 0 Å². The number of benzene rings is 1. The molecular weight excluding hydrogens is 189 g/mol. The molecule has 0 aliphatic rings.